The van der Waals surface area contributed by atoms with Crippen molar-refractivity contribution in [2.75, 3.05) is 39.3 Å². The lowest BCUT2D eigenvalue weighted by Crippen LogP contribution is -2.51. The molecule has 2 aromatic carbocycles. The molecule has 2 N–H and O–H groups in total. The van der Waals surface area contributed by atoms with Gasteiger partial charge in [0.05, 0.1) is 11.5 Å². The number of nitro benzene ring substituents is 1. The summed E-state index contributed by atoms with van der Waals surface area (Å²) < 4.78 is 0. The predicted octanol–water partition coefficient (Wildman–Crippen LogP) is 5.36. The number of carbonyl (C=O) groups excluding carboxylic acids is 1. The number of nitrogens with one attached hydrogen (secondary N) is 1. The summed E-state index contributed by atoms with van der Waals surface area (Å²) in [6, 6.07) is 17.0. The van der Waals surface area contributed by atoms with Crippen molar-refractivity contribution in [2.24, 2.45) is 11.8 Å². The number of hydrogen-bond acceptors (Lipinski definition) is 6. The number of carboxylic acids is 1. The number of nitrogens with zero attached hydrogens (tertiary/aromatic N) is 4. The second-order valence-electron chi connectivity index (χ2n) is 12.7. The van der Waals surface area contributed by atoms with Gasteiger partial charge in [-0.2, -0.15) is 0 Å². The molecule has 1 saturated carbocycles. The second-order valence-corrected chi connectivity index (χ2v) is 12.7. The highest BCUT2D eigenvalue weighted by molar-refractivity contribution is 5.74. The SMILES string of the molecule is C=CCN(C(=O)NCc1ccc([N+](=O)[O-])cc1)C1CCN(C[C@H]2CC(N(CC(=O)O)CC(C)C)C[C@@H]2c2ccccc2)CC1. The Balaban J connectivity index is 1.36. The van der Waals surface area contributed by atoms with Gasteiger partial charge in [-0.3, -0.25) is 19.8 Å². The van der Waals surface area contributed by atoms with Crippen molar-refractivity contribution >= 4 is 17.7 Å². The summed E-state index contributed by atoms with van der Waals surface area (Å²) in [5, 5.41) is 23.5. The molecule has 1 saturated heterocycles. The second kappa shape index (κ2) is 15.8. The number of aliphatic carboxylic acids is 1. The number of piperidine rings is 1. The third-order valence-electron chi connectivity index (χ3n) is 9.02. The van der Waals surface area contributed by atoms with Crippen molar-refractivity contribution < 1.29 is 19.6 Å². The Morgan fingerprint density at radius 2 is 1.77 bits per heavy atom. The molecule has 0 spiro atoms. The maximum Gasteiger partial charge on any atom is 0.318 e. The molecular weight excluding hydrogens is 558 g/mol. The Hall–Kier alpha value is -3.76. The van der Waals surface area contributed by atoms with Gasteiger partial charge in [0.1, 0.15) is 0 Å². The molecule has 1 aliphatic heterocycles. The van der Waals surface area contributed by atoms with Gasteiger partial charge in [-0.15, -0.1) is 6.58 Å². The number of non-ortho nitro benzene ring substituents is 1. The van der Waals surface area contributed by atoms with E-state index >= 15 is 0 Å². The van der Waals surface area contributed by atoms with Crippen molar-refractivity contribution in [3.05, 3.63) is 88.5 Å². The van der Waals surface area contributed by atoms with Crippen LogP contribution >= 0.6 is 0 Å². The van der Waals surface area contributed by atoms with Crippen LogP contribution in [0.4, 0.5) is 10.5 Å². The molecule has 0 radical (unpaired) electrons. The van der Waals surface area contributed by atoms with Gasteiger partial charge in [0.2, 0.25) is 0 Å². The molecule has 1 aliphatic carbocycles. The summed E-state index contributed by atoms with van der Waals surface area (Å²) in [6.45, 7) is 12.5. The van der Waals surface area contributed by atoms with E-state index in [-0.39, 0.29) is 30.3 Å². The van der Waals surface area contributed by atoms with Crippen LogP contribution in [0.15, 0.2) is 67.3 Å². The van der Waals surface area contributed by atoms with E-state index < -0.39 is 10.9 Å². The Morgan fingerprint density at radius 3 is 2.36 bits per heavy atom. The summed E-state index contributed by atoms with van der Waals surface area (Å²) >= 11 is 0. The topological polar surface area (TPSA) is 119 Å². The average Bonchev–Trinajstić information content (AvgIpc) is 3.42. The quantitative estimate of drug-likeness (QED) is 0.169. The zero-order chi connectivity index (χ0) is 31.6. The van der Waals surface area contributed by atoms with Gasteiger partial charge in [-0.25, -0.2) is 4.79 Å². The number of likely N-dealkylation sites (tertiary alicyclic amines) is 1. The largest absolute Gasteiger partial charge is 0.480 e. The fourth-order valence-electron chi connectivity index (χ4n) is 6.99. The van der Waals surface area contributed by atoms with E-state index in [4.69, 9.17) is 0 Å². The number of nitro groups is 1. The van der Waals surface area contributed by atoms with E-state index in [0.717, 1.165) is 57.4 Å². The smallest absolute Gasteiger partial charge is 0.318 e. The van der Waals surface area contributed by atoms with Crippen LogP contribution in [0.1, 0.15) is 56.6 Å². The first kappa shape index (κ1) is 33.1. The highest BCUT2D eigenvalue weighted by atomic mass is 16.6. The Kier molecular flexibility index (Phi) is 11.9. The Bertz CT molecular complexity index is 1250. The van der Waals surface area contributed by atoms with Crippen LogP contribution in [0, 0.1) is 22.0 Å². The average molecular weight is 606 g/mol. The predicted molar refractivity (Wildman–Crippen MR) is 171 cm³/mol. The molecular formula is C34H47N5O5. The molecule has 238 valence electrons. The zero-order valence-corrected chi connectivity index (χ0v) is 26.0. The number of rotatable bonds is 14. The fourth-order valence-corrected chi connectivity index (χ4v) is 6.99. The number of urea groups is 1. The number of carboxylic acid groups (broad SMARTS) is 1. The van der Waals surface area contributed by atoms with Crippen molar-refractivity contribution in [2.45, 2.75) is 64.1 Å². The van der Waals surface area contributed by atoms with Crippen LogP contribution in [0.3, 0.4) is 0 Å². The van der Waals surface area contributed by atoms with Gasteiger partial charge in [-0.05, 0) is 54.6 Å². The minimum atomic E-state index is -0.770. The molecule has 0 bridgehead atoms. The van der Waals surface area contributed by atoms with Crippen LogP contribution < -0.4 is 5.32 Å². The van der Waals surface area contributed by atoms with Crippen LogP contribution in [0.5, 0.6) is 0 Å². The van der Waals surface area contributed by atoms with Gasteiger partial charge in [0.15, 0.2) is 0 Å². The van der Waals surface area contributed by atoms with E-state index in [1.165, 1.54) is 17.7 Å². The molecule has 4 rings (SSSR count). The van der Waals surface area contributed by atoms with Crippen molar-refractivity contribution in [1.29, 1.82) is 0 Å². The first-order valence-electron chi connectivity index (χ1n) is 15.8. The minimum absolute atomic E-state index is 0.0245. The van der Waals surface area contributed by atoms with Gasteiger partial charge >= 0.3 is 12.0 Å². The summed E-state index contributed by atoms with van der Waals surface area (Å²) in [4.78, 5) is 41.9. The van der Waals surface area contributed by atoms with Gasteiger partial charge < -0.3 is 20.2 Å². The molecule has 2 amide bonds. The molecule has 1 unspecified atom stereocenters. The maximum absolute atomic E-state index is 13.2. The molecule has 0 aromatic heterocycles. The molecule has 3 atom stereocenters. The summed E-state index contributed by atoms with van der Waals surface area (Å²) in [7, 11) is 0. The van der Waals surface area contributed by atoms with Crippen LogP contribution in [-0.4, -0.2) is 88.1 Å². The molecule has 10 nitrogen and oxygen atoms in total. The zero-order valence-electron chi connectivity index (χ0n) is 26.0. The van der Waals surface area contributed by atoms with Crippen molar-refractivity contribution in [3.8, 4) is 0 Å². The van der Waals surface area contributed by atoms with Crippen LogP contribution in [0.25, 0.3) is 0 Å². The Morgan fingerprint density at radius 1 is 1.09 bits per heavy atom. The highest BCUT2D eigenvalue weighted by Gasteiger charge is 2.40. The highest BCUT2D eigenvalue weighted by Crippen LogP contribution is 2.42. The first-order valence-corrected chi connectivity index (χ1v) is 15.8. The molecule has 2 fully saturated rings. The fraction of sp³-hybridized carbons (Fsp3) is 0.529. The number of carbonyl (C=O) groups is 2. The molecule has 10 heteroatoms. The third kappa shape index (κ3) is 9.12. The number of hydrogen-bond donors (Lipinski definition) is 2. The van der Waals surface area contributed by atoms with E-state index in [2.05, 4.69) is 59.8 Å². The normalized spacial score (nSPS) is 21.0. The standard InChI is InChI=1S/C34H47N5O5/c1-4-16-38(34(42)35-21-26-10-12-30(13-11-26)39(43)44)29-14-17-36(18-15-29)23-28-19-31(37(22-25(2)3)24-33(40)41)20-32(28)27-8-6-5-7-9-27/h4-13,25,28-29,31-32H,1,14-24H2,2-3H3,(H,35,42)(H,40,41)/t28-,31?,32-/m1/s1. The third-order valence-corrected chi connectivity index (χ3v) is 9.02. The molecule has 44 heavy (non-hydrogen) atoms. The van der Waals surface area contributed by atoms with E-state index in [1.807, 2.05) is 11.0 Å². The minimum Gasteiger partial charge on any atom is -0.480 e. The van der Waals surface area contributed by atoms with E-state index in [1.54, 1.807) is 18.2 Å². The summed E-state index contributed by atoms with van der Waals surface area (Å²) in [5.74, 6) is 0.433. The summed E-state index contributed by atoms with van der Waals surface area (Å²) in [6.07, 6.45) is 5.42. The Labute approximate surface area is 260 Å². The first-order chi connectivity index (χ1) is 21.1. The lowest BCUT2D eigenvalue weighted by molar-refractivity contribution is -0.384. The molecule has 2 aliphatic rings. The van der Waals surface area contributed by atoms with Crippen molar-refractivity contribution in [3.63, 3.8) is 0 Å². The van der Waals surface area contributed by atoms with Gasteiger partial charge in [0.25, 0.3) is 5.69 Å². The monoisotopic (exact) mass is 605 g/mol. The van der Waals surface area contributed by atoms with E-state index in [9.17, 15) is 24.8 Å². The van der Waals surface area contributed by atoms with Gasteiger partial charge in [0, 0.05) is 63.5 Å². The van der Waals surface area contributed by atoms with E-state index in [0.29, 0.717) is 30.8 Å². The van der Waals surface area contributed by atoms with Crippen molar-refractivity contribution in [1.82, 2.24) is 20.0 Å². The summed E-state index contributed by atoms with van der Waals surface area (Å²) in [5.41, 5.74) is 2.16. The number of amides is 2. The lowest BCUT2D eigenvalue weighted by Gasteiger charge is -2.39. The maximum atomic E-state index is 13.2. The molecule has 2 aromatic rings. The number of benzene rings is 2. The van der Waals surface area contributed by atoms with Crippen LogP contribution in [0.2, 0.25) is 0 Å². The van der Waals surface area contributed by atoms with Crippen LogP contribution in [-0.2, 0) is 11.3 Å². The lowest BCUT2D eigenvalue weighted by atomic mass is 9.88. The van der Waals surface area contributed by atoms with Gasteiger partial charge in [-0.1, -0.05) is 62.4 Å². The molecule has 1 heterocycles.